The van der Waals surface area contributed by atoms with Crippen molar-refractivity contribution in [1.82, 2.24) is 20.3 Å². The fourth-order valence-electron chi connectivity index (χ4n) is 1.77. The van der Waals surface area contributed by atoms with Crippen molar-refractivity contribution in [1.29, 1.82) is 0 Å². The van der Waals surface area contributed by atoms with Crippen molar-refractivity contribution in [3.05, 3.63) is 11.9 Å². The summed E-state index contributed by atoms with van der Waals surface area (Å²) in [5.41, 5.74) is -0.0901. The Morgan fingerprint density at radius 3 is 2.89 bits per heavy atom. The van der Waals surface area contributed by atoms with E-state index in [-0.39, 0.29) is 17.5 Å². The van der Waals surface area contributed by atoms with Crippen LogP contribution in [0.2, 0.25) is 0 Å². The first-order valence-electron chi connectivity index (χ1n) is 5.99. The number of aromatic carboxylic acids is 1. The molecule has 0 saturated heterocycles. The predicted molar refractivity (Wildman–Crippen MR) is 61.9 cm³/mol. The van der Waals surface area contributed by atoms with Gasteiger partial charge in [0.05, 0.1) is 12.7 Å². The fraction of sp³-hybridized carbons (Fsp3) is 0.636. The van der Waals surface area contributed by atoms with E-state index in [2.05, 4.69) is 15.6 Å². The smallest absolute Gasteiger partial charge is 0.358 e. The number of carbonyl (C=O) groups is 2. The number of nitrogens with one attached hydrogen (secondary N) is 1. The van der Waals surface area contributed by atoms with Crippen LogP contribution in [0.5, 0.6) is 0 Å². The summed E-state index contributed by atoms with van der Waals surface area (Å²) in [6.07, 6.45) is 3.62. The number of carbonyl (C=O) groups excluding carboxylic acids is 1. The monoisotopic (exact) mass is 252 g/mol. The molecule has 7 nitrogen and oxygen atoms in total. The standard InChI is InChI=1S/C11H16N4O3/c1-7(8-2-3-8)10(16)12-4-5-15-6-9(11(17)18)13-14-15/h6-8H,2-5H2,1H3,(H,12,16)(H,17,18). The quantitative estimate of drug-likeness (QED) is 0.750. The highest BCUT2D eigenvalue weighted by molar-refractivity contribution is 5.84. The third kappa shape index (κ3) is 3.06. The molecule has 0 aliphatic heterocycles. The molecule has 7 heteroatoms. The van der Waals surface area contributed by atoms with Gasteiger partial charge < -0.3 is 10.4 Å². The predicted octanol–water partition coefficient (Wildman–Crippen LogP) is 0.139. The number of hydrogen-bond donors (Lipinski definition) is 2. The van der Waals surface area contributed by atoms with Crippen LogP contribution in [0, 0.1) is 11.8 Å². The van der Waals surface area contributed by atoms with Crippen molar-refractivity contribution >= 4 is 11.9 Å². The molecule has 18 heavy (non-hydrogen) atoms. The lowest BCUT2D eigenvalue weighted by Gasteiger charge is -2.10. The van der Waals surface area contributed by atoms with Gasteiger partial charge in [-0.15, -0.1) is 5.10 Å². The number of rotatable bonds is 6. The Morgan fingerprint density at radius 2 is 2.33 bits per heavy atom. The number of amides is 1. The van der Waals surface area contributed by atoms with Gasteiger partial charge >= 0.3 is 5.97 Å². The van der Waals surface area contributed by atoms with Crippen LogP contribution in [-0.2, 0) is 11.3 Å². The molecule has 0 bridgehead atoms. The number of aromatic nitrogens is 3. The van der Waals surface area contributed by atoms with E-state index in [0.717, 1.165) is 12.8 Å². The highest BCUT2D eigenvalue weighted by atomic mass is 16.4. The summed E-state index contributed by atoms with van der Waals surface area (Å²) >= 11 is 0. The first-order valence-corrected chi connectivity index (χ1v) is 5.99. The molecule has 1 atom stereocenters. The van der Waals surface area contributed by atoms with Crippen molar-refractivity contribution < 1.29 is 14.7 Å². The van der Waals surface area contributed by atoms with Crippen LogP contribution in [0.1, 0.15) is 30.3 Å². The molecule has 2 N–H and O–H groups in total. The SMILES string of the molecule is CC(C(=O)NCCn1cc(C(=O)O)nn1)C1CC1. The molecule has 1 saturated carbocycles. The highest BCUT2D eigenvalue weighted by Gasteiger charge is 2.32. The molecule has 0 aromatic carbocycles. The normalized spacial score (nSPS) is 16.3. The molecular formula is C11H16N4O3. The minimum atomic E-state index is -1.10. The molecule has 1 heterocycles. The molecule has 1 fully saturated rings. The molecule has 2 rings (SSSR count). The third-order valence-electron chi connectivity index (χ3n) is 3.14. The van der Waals surface area contributed by atoms with Gasteiger partial charge in [0.2, 0.25) is 5.91 Å². The average Bonchev–Trinajstić information content (AvgIpc) is 3.07. The second-order valence-electron chi connectivity index (χ2n) is 4.59. The van der Waals surface area contributed by atoms with E-state index in [1.165, 1.54) is 10.9 Å². The molecule has 1 aromatic rings. The Bertz CT molecular complexity index is 453. The largest absolute Gasteiger partial charge is 0.476 e. The van der Waals surface area contributed by atoms with E-state index in [4.69, 9.17) is 5.11 Å². The van der Waals surface area contributed by atoms with E-state index in [1.54, 1.807) is 0 Å². The highest BCUT2D eigenvalue weighted by Crippen LogP contribution is 2.36. The van der Waals surface area contributed by atoms with E-state index in [0.29, 0.717) is 19.0 Å². The maximum absolute atomic E-state index is 11.7. The Hall–Kier alpha value is -1.92. The first-order chi connectivity index (χ1) is 8.58. The summed E-state index contributed by atoms with van der Waals surface area (Å²) in [6.45, 7) is 2.78. The Kier molecular flexibility index (Phi) is 3.59. The second kappa shape index (κ2) is 5.16. The van der Waals surface area contributed by atoms with Gasteiger partial charge in [-0.25, -0.2) is 9.48 Å². The summed E-state index contributed by atoms with van der Waals surface area (Å²) in [5, 5.41) is 18.6. The van der Waals surface area contributed by atoms with Crippen LogP contribution in [0.25, 0.3) is 0 Å². The molecule has 1 aliphatic rings. The Morgan fingerprint density at radius 1 is 1.61 bits per heavy atom. The fourth-order valence-corrected chi connectivity index (χ4v) is 1.77. The van der Waals surface area contributed by atoms with Gasteiger partial charge in [-0.1, -0.05) is 12.1 Å². The van der Waals surface area contributed by atoms with Crippen LogP contribution in [0.4, 0.5) is 0 Å². The lowest BCUT2D eigenvalue weighted by Crippen LogP contribution is -2.32. The zero-order chi connectivity index (χ0) is 13.1. The van der Waals surface area contributed by atoms with Crippen LogP contribution < -0.4 is 5.32 Å². The average molecular weight is 252 g/mol. The van der Waals surface area contributed by atoms with Crippen LogP contribution in [0.15, 0.2) is 6.20 Å². The number of carboxylic acids is 1. The van der Waals surface area contributed by atoms with Gasteiger partial charge in [-0.2, -0.15) is 0 Å². The molecule has 1 aromatic heterocycles. The first kappa shape index (κ1) is 12.5. The van der Waals surface area contributed by atoms with Gasteiger partial charge in [0, 0.05) is 12.5 Å². The zero-order valence-corrected chi connectivity index (χ0v) is 10.2. The summed E-state index contributed by atoms with van der Waals surface area (Å²) in [5.74, 6) is -0.450. The minimum Gasteiger partial charge on any atom is -0.476 e. The summed E-state index contributed by atoms with van der Waals surface area (Å²) < 4.78 is 1.41. The second-order valence-corrected chi connectivity index (χ2v) is 4.59. The Labute approximate surface area is 104 Å². The topological polar surface area (TPSA) is 97.1 Å². The number of carboxylic acid groups (broad SMARTS) is 1. The van der Waals surface area contributed by atoms with Crippen molar-refractivity contribution in [2.75, 3.05) is 6.54 Å². The number of hydrogen-bond acceptors (Lipinski definition) is 4. The lowest BCUT2D eigenvalue weighted by molar-refractivity contribution is -0.125. The van der Waals surface area contributed by atoms with Crippen molar-refractivity contribution in [2.24, 2.45) is 11.8 Å². The van der Waals surface area contributed by atoms with Crippen LogP contribution >= 0.6 is 0 Å². The zero-order valence-electron chi connectivity index (χ0n) is 10.2. The van der Waals surface area contributed by atoms with E-state index < -0.39 is 5.97 Å². The lowest BCUT2D eigenvalue weighted by atomic mass is 10.1. The maximum Gasteiger partial charge on any atom is 0.358 e. The van der Waals surface area contributed by atoms with Gasteiger partial charge in [0.1, 0.15) is 0 Å². The number of nitrogens with zero attached hydrogens (tertiary/aromatic N) is 3. The van der Waals surface area contributed by atoms with E-state index >= 15 is 0 Å². The molecule has 0 radical (unpaired) electrons. The molecule has 0 spiro atoms. The maximum atomic E-state index is 11.7. The van der Waals surface area contributed by atoms with Crippen molar-refractivity contribution in [2.45, 2.75) is 26.3 Å². The van der Waals surface area contributed by atoms with Crippen LogP contribution in [0.3, 0.4) is 0 Å². The van der Waals surface area contributed by atoms with Crippen molar-refractivity contribution in [3.8, 4) is 0 Å². The molecule has 1 amide bonds. The van der Waals surface area contributed by atoms with E-state index in [9.17, 15) is 9.59 Å². The van der Waals surface area contributed by atoms with Crippen molar-refractivity contribution in [3.63, 3.8) is 0 Å². The summed E-state index contributed by atoms with van der Waals surface area (Å²) in [4.78, 5) is 22.3. The third-order valence-corrected chi connectivity index (χ3v) is 3.14. The van der Waals surface area contributed by atoms with E-state index in [1.807, 2.05) is 6.92 Å². The Balaban J connectivity index is 1.73. The molecular weight excluding hydrogens is 236 g/mol. The minimum absolute atomic E-state index is 0.0519. The molecule has 1 unspecified atom stereocenters. The van der Waals surface area contributed by atoms with Gasteiger partial charge in [0.25, 0.3) is 0 Å². The molecule has 98 valence electrons. The van der Waals surface area contributed by atoms with Gasteiger partial charge in [-0.3, -0.25) is 4.79 Å². The molecule has 1 aliphatic carbocycles. The van der Waals surface area contributed by atoms with Crippen LogP contribution in [-0.4, -0.2) is 38.5 Å². The van der Waals surface area contributed by atoms with Gasteiger partial charge in [0.15, 0.2) is 5.69 Å². The van der Waals surface area contributed by atoms with Gasteiger partial charge in [-0.05, 0) is 18.8 Å². The summed E-state index contributed by atoms with van der Waals surface area (Å²) in [6, 6.07) is 0. The summed E-state index contributed by atoms with van der Waals surface area (Å²) in [7, 11) is 0.